The molecule has 0 unspecified atom stereocenters. The molecule has 5 heteroatoms. The number of ether oxygens (including phenoxy) is 2. The first-order valence-electron chi connectivity index (χ1n) is 6.02. The van der Waals surface area contributed by atoms with Gasteiger partial charge in [0.05, 0.1) is 7.11 Å². The van der Waals surface area contributed by atoms with Crippen molar-refractivity contribution in [2.24, 2.45) is 0 Å². The third-order valence-electron chi connectivity index (χ3n) is 2.57. The zero-order chi connectivity index (χ0) is 14.4. The summed E-state index contributed by atoms with van der Waals surface area (Å²) in [4.78, 5) is 13.7. The fourth-order valence-corrected chi connectivity index (χ4v) is 2.34. The van der Waals surface area contributed by atoms with Crippen molar-refractivity contribution >= 4 is 22.4 Å². The molecule has 1 aromatic carbocycles. The molecular weight excluding hydrogens is 274 g/mol. The van der Waals surface area contributed by atoms with Gasteiger partial charge < -0.3 is 9.47 Å². The molecule has 0 aliphatic rings. The van der Waals surface area contributed by atoms with Crippen LogP contribution in [0, 0.1) is 0 Å². The highest BCUT2D eigenvalue weighted by molar-refractivity contribution is 7.14. The normalized spacial score (nSPS) is 9.85. The number of thiophene rings is 1. The minimum absolute atomic E-state index is 0.398. The molecule has 0 saturated heterocycles. The molecule has 2 aromatic rings. The summed E-state index contributed by atoms with van der Waals surface area (Å²) in [5.74, 6) is 1.19. The van der Waals surface area contributed by atoms with Crippen LogP contribution in [0.2, 0.25) is 0 Å². The molecule has 1 aromatic heterocycles. The summed E-state index contributed by atoms with van der Waals surface area (Å²) >= 11 is 1.47. The SMILES string of the molecule is C=CCN(C(=O)Oc1ccc(OC)cc1)c1cccs1. The molecule has 0 saturated carbocycles. The maximum Gasteiger partial charge on any atom is 0.420 e. The highest BCUT2D eigenvalue weighted by Gasteiger charge is 2.17. The predicted molar refractivity (Wildman–Crippen MR) is 80.9 cm³/mol. The van der Waals surface area contributed by atoms with E-state index in [0.29, 0.717) is 18.0 Å². The zero-order valence-electron chi connectivity index (χ0n) is 11.1. The van der Waals surface area contributed by atoms with Crippen molar-refractivity contribution in [1.82, 2.24) is 0 Å². The predicted octanol–water partition coefficient (Wildman–Crippen LogP) is 3.95. The van der Waals surface area contributed by atoms with Crippen LogP contribution in [0.3, 0.4) is 0 Å². The first kappa shape index (κ1) is 14.1. The first-order chi connectivity index (χ1) is 9.74. The molecule has 0 fully saturated rings. The van der Waals surface area contributed by atoms with E-state index in [2.05, 4.69) is 6.58 Å². The average molecular weight is 289 g/mol. The summed E-state index contributed by atoms with van der Waals surface area (Å²) in [5.41, 5.74) is 0. The highest BCUT2D eigenvalue weighted by atomic mass is 32.1. The summed E-state index contributed by atoms with van der Waals surface area (Å²) in [7, 11) is 1.59. The van der Waals surface area contributed by atoms with Crippen LogP contribution in [0.15, 0.2) is 54.4 Å². The Balaban J connectivity index is 2.09. The van der Waals surface area contributed by atoms with Crippen molar-refractivity contribution in [1.29, 1.82) is 0 Å². The number of benzene rings is 1. The number of carbonyl (C=O) groups is 1. The van der Waals surface area contributed by atoms with E-state index < -0.39 is 6.09 Å². The fourth-order valence-electron chi connectivity index (χ4n) is 1.61. The maximum atomic E-state index is 12.2. The molecule has 0 atom stereocenters. The minimum Gasteiger partial charge on any atom is -0.497 e. The van der Waals surface area contributed by atoms with Gasteiger partial charge in [0.1, 0.15) is 16.5 Å². The molecule has 1 amide bonds. The number of hydrogen-bond donors (Lipinski definition) is 0. The molecule has 4 nitrogen and oxygen atoms in total. The van der Waals surface area contributed by atoms with Gasteiger partial charge in [-0.05, 0) is 41.8 Å². The highest BCUT2D eigenvalue weighted by Crippen LogP contribution is 2.23. The Kier molecular flexibility index (Phi) is 4.79. The van der Waals surface area contributed by atoms with Gasteiger partial charge in [0.15, 0.2) is 0 Å². The summed E-state index contributed by atoms with van der Waals surface area (Å²) in [6, 6.07) is 10.6. The fraction of sp³-hybridized carbons (Fsp3) is 0.133. The van der Waals surface area contributed by atoms with Crippen LogP contribution in [0.5, 0.6) is 11.5 Å². The van der Waals surface area contributed by atoms with Crippen molar-refractivity contribution in [2.45, 2.75) is 0 Å². The molecule has 2 rings (SSSR count). The summed E-state index contributed by atoms with van der Waals surface area (Å²) in [6.07, 6.45) is 1.23. The van der Waals surface area contributed by atoms with Gasteiger partial charge in [-0.15, -0.1) is 17.9 Å². The van der Waals surface area contributed by atoms with E-state index in [1.807, 2.05) is 17.5 Å². The second kappa shape index (κ2) is 6.77. The molecular formula is C15H15NO3S. The molecule has 0 radical (unpaired) electrons. The Morgan fingerprint density at radius 1 is 1.30 bits per heavy atom. The van der Waals surface area contributed by atoms with Crippen LogP contribution in [0.1, 0.15) is 0 Å². The number of hydrogen-bond acceptors (Lipinski definition) is 4. The standard InChI is InChI=1S/C15H15NO3S/c1-3-10-16(14-5-4-11-20-14)15(17)19-13-8-6-12(18-2)7-9-13/h3-9,11H,1,10H2,2H3. The van der Waals surface area contributed by atoms with Gasteiger partial charge in [0, 0.05) is 6.54 Å². The van der Waals surface area contributed by atoms with Crippen LogP contribution in [-0.2, 0) is 0 Å². The van der Waals surface area contributed by atoms with Crippen molar-refractivity contribution in [3.63, 3.8) is 0 Å². The summed E-state index contributed by atoms with van der Waals surface area (Å²) in [5, 5.41) is 2.73. The number of nitrogens with zero attached hydrogens (tertiary/aromatic N) is 1. The number of carbonyl (C=O) groups excluding carboxylic acids is 1. The third kappa shape index (κ3) is 3.39. The largest absolute Gasteiger partial charge is 0.497 e. The third-order valence-corrected chi connectivity index (χ3v) is 3.46. The number of anilines is 1. The Morgan fingerprint density at radius 2 is 2.00 bits per heavy atom. The molecule has 0 bridgehead atoms. The van der Waals surface area contributed by atoms with E-state index in [1.165, 1.54) is 16.2 Å². The summed E-state index contributed by atoms with van der Waals surface area (Å²) < 4.78 is 10.4. The Hall–Kier alpha value is -2.27. The monoisotopic (exact) mass is 289 g/mol. The van der Waals surface area contributed by atoms with Crippen LogP contribution >= 0.6 is 11.3 Å². The Bertz CT molecular complexity index is 563. The van der Waals surface area contributed by atoms with Crippen molar-refractivity contribution < 1.29 is 14.3 Å². The van der Waals surface area contributed by atoms with Crippen molar-refractivity contribution in [3.05, 3.63) is 54.4 Å². The summed E-state index contributed by atoms with van der Waals surface area (Å²) in [6.45, 7) is 4.06. The van der Waals surface area contributed by atoms with Gasteiger partial charge >= 0.3 is 6.09 Å². The smallest absolute Gasteiger partial charge is 0.420 e. The molecule has 1 heterocycles. The molecule has 0 aliphatic heterocycles. The van der Waals surface area contributed by atoms with E-state index in [-0.39, 0.29) is 0 Å². The van der Waals surface area contributed by atoms with E-state index in [1.54, 1.807) is 37.5 Å². The lowest BCUT2D eigenvalue weighted by molar-refractivity contribution is 0.208. The van der Waals surface area contributed by atoms with Gasteiger partial charge in [-0.2, -0.15) is 0 Å². The van der Waals surface area contributed by atoms with Gasteiger partial charge in [0.25, 0.3) is 0 Å². The topological polar surface area (TPSA) is 38.8 Å². The quantitative estimate of drug-likeness (QED) is 0.782. The second-order valence-electron chi connectivity index (χ2n) is 3.89. The maximum absolute atomic E-state index is 12.2. The number of methoxy groups -OCH3 is 1. The van der Waals surface area contributed by atoms with Crippen LogP contribution in [0.25, 0.3) is 0 Å². The van der Waals surface area contributed by atoms with E-state index in [9.17, 15) is 4.79 Å². The minimum atomic E-state index is -0.433. The molecule has 104 valence electrons. The van der Waals surface area contributed by atoms with Gasteiger partial charge in [-0.25, -0.2) is 4.79 Å². The lowest BCUT2D eigenvalue weighted by Crippen LogP contribution is -2.33. The molecule has 0 N–H and O–H groups in total. The van der Waals surface area contributed by atoms with Crippen LogP contribution in [0.4, 0.5) is 9.80 Å². The van der Waals surface area contributed by atoms with Gasteiger partial charge in [-0.1, -0.05) is 6.08 Å². The van der Waals surface area contributed by atoms with E-state index in [4.69, 9.17) is 9.47 Å². The lowest BCUT2D eigenvalue weighted by atomic mass is 10.3. The number of rotatable bonds is 5. The Labute approximate surface area is 121 Å². The lowest BCUT2D eigenvalue weighted by Gasteiger charge is -2.18. The Morgan fingerprint density at radius 3 is 2.55 bits per heavy atom. The van der Waals surface area contributed by atoms with Crippen LogP contribution in [-0.4, -0.2) is 19.7 Å². The van der Waals surface area contributed by atoms with Crippen LogP contribution < -0.4 is 14.4 Å². The average Bonchev–Trinajstić information content (AvgIpc) is 2.99. The van der Waals surface area contributed by atoms with Gasteiger partial charge in [-0.3, -0.25) is 4.90 Å². The van der Waals surface area contributed by atoms with E-state index >= 15 is 0 Å². The first-order valence-corrected chi connectivity index (χ1v) is 6.90. The zero-order valence-corrected chi connectivity index (χ0v) is 11.9. The van der Waals surface area contributed by atoms with Crippen molar-refractivity contribution in [2.75, 3.05) is 18.6 Å². The van der Waals surface area contributed by atoms with E-state index in [0.717, 1.165) is 5.00 Å². The number of amides is 1. The molecule has 0 spiro atoms. The molecule has 0 aliphatic carbocycles. The van der Waals surface area contributed by atoms with Gasteiger partial charge in [0.2, 0.25) is 0 Å². The molecule has 20 heavy (non-hydrogen) atoms. The second-order valence-corrected chi connectivity index (χ2v) is 4.82. The van der Waals surface area contributed by atoms with Crippen molar-refractivity contribution in [3.8, 4) is 11.5 Å².